The van der Waals surface area contributed by atoms with Gasteiger partial charge in [-0.15, -0.1) is 0 Å². The van der Waals surface area contributed by atoms with Crippen LogP contribution in [0.25, 0.3) is 17.1 Å². The molecule has 1 amide bonds. The zero-order valence-electron chi connectivity index (χ0n) is 15.3. The van der Waals surface area contributed by atoms with Gasteiger partial charge in [-0.3, -0.25) is 4.79 Å². The molecule has 0 aliphatic heterocycles. The van der Waals surface area contributed by atoms with Crippen LogP contribution < -0.4 is 5.32 Å². The average molecular weight is 364 g/mol. The fourth-order valence-corrected chi connectivity index (χ4v) is 3.57. The summed E-state index contributed by atoms with van der Waals surface area (Å²) in [7, 11) is 0. The number of hydrogen-bond donors (Lipinski definition) is 1. The van der Waals surface area contributed by atoms with Crippen LogP contribution in [0.5, 0.6) is 0 Å². The van der Waals surface area contributed by atoms with Crippen LogP contribution in [-0.4, -0.2) is 26.7 Å². The molecule has 0 bridgehead atoms. The molecular formula is C21H24N4O2. The first-order valence-electron chi connectivity index (χ1n) is 9.68. The molecule has 1 saturated carbocycles. The van der Waals surface area contributed by atoms with Crippen molar-refractivity contribution in [1.82, 2.24) is 20.0 Å². The van der Waals surface area contributed by atoms with Crippen LogP contribution in [0.2, 0.25) is 0 Å². The van der Waals surface area contributed by atoms with Gasteiger partial charge in [0.05, 0.1) is 0 Å². The highest BCUT2D eigenvalue weighted by Gasteiger charge is 2.20. The first-order chi connectivity index (χ1) is 13.3. The summed E-state index contributed by atoms with van der Waals surface area (Å²) in [5.74, 6) is 0.182. The lowest BCUT2D eigenvalue weighted by Crippen LogP contribution is -2.35. The molecule has 4 rings (SSSR count). The van der Waals surface area contributed by atoms with Crippen LogP contribution in [0, 0.1) is 0 Å². The molecule has 6 heteroatoms. The van der Waals surface area contributed by atoms with E-state index in [-0.39, 0.29) is 17.8 Å². The Bertz CT molecular complexity index is 860. The van der Waals surface area contributed by atoms with Crippen molar-refractivity contribution in [3.05, 3.63) is 54.7 Å². The van der Waals surface area contributed by atoms with E-state index in [1.54, 1.807) is 0 Å². The molecule has 1 aromatic carbocycles. The molecule has 0 atom stereocenters. The predicted octanol–water partition coefficient (Wildman–Crippen LogP) is 4.37. The molecule has 1 N–H and O–H groups in total. The minimum Gasteiger partial charge on any atom is -0.345 e. The van der Waals surface area contributed by atoms with E-state index in [9.17, 15) is 4.79 Å². The molecular weight excluding hydrogens is 340 g/mol. The zero-order chi connectivity index (χ0) is 18.5. The molecule has 6 nitrogen and oxygen atoms in total. The second kappa shape index (κ2) is 8.20. The van der Waals surface area contributed by atoms with Crippen LogP contribution in [0.3, 0.4) is 0 Å². The Morgan fingerprint density at radius 2 is 1.67 bits per heavy atom. The number of aromatic nitrogens is 3. The Labute approximate surface area is 158 Å². The molecule has 1 aliphatic rings. The average Bonchev–Trinajstić information content (AvgIpc) is 3.36. The number of carbonyl (C=O) groups is 1. The Kier molecular flexibility index (Phi) is 5.32. The van der Waals surface area contributed by atoms with E-state index < -0.39 is 0 Å². The lowest BCUT2D eigenvalue weighted by Gasteiger charge is -2.19. The van der Waals surface area contributed by atoms with E-state index in [1.165, 1.54) is 19.3 Å². The van der Waals surface area contributed by atoms with Crippen molar-refractivity contribution in [3.8, 4) is 17.1 Å². The van der Waals surface area contributed by atoms with Gasteiger partial charge >= 0.3 is 11.8 Å². The second-order valence-electron chi connectivity index (χ2n) is 7.08. The molecule has 0 radical (unpaired) electrons. The van der Waals surface area contributed by atoms with Gasteiger partial charge in [0.1, 0.15) is 0 Å². The standard InChI is InChI=1S/C21H24N4O2/c26-20(22-17-8-4-2-1-3-5-9-17)21-23-19(24-27-21)16-10-12-18(13-11-16)25-14-6-7-15-25/h6-7,10-15,17H,1-5,8-9H2,(H,22,26). The molecule has 0 unspecified atom stereocenters. The van der Waals surface area contributed by atoms with Gasteiger partial charge in [0.15, 0.2) is 0 Å². The third kappa shape index (κ3) is 4.27. The molecule has 0 saturated heterocycles. The van der Waals surface area contributed by atoms with E-state index >= 15 is 0 Å². The van der Waals surface area contributed by atoms with E-state index in [0.29, 0.717) is 5.82 Å². The summed E-state index contributed by atoms with van der Waals surface area (Å²) in [6.45, 7) is 0. The third-order valence-corrected chi connectivity index (χ3v) is 5.09. The van der Waals surface area contributed by atoms with Gasteiger partial charge in [0.2, 0.25) is 5.82 Å². The molecule has 0 spiro atoms. The summed E-state index contributed by atoms with van der Waals surface area (Å²) in [5.41, 5.74) is 1.87. The summed E-state index contributed by atoms with van der Waals surface area (Å²) in [6, 6.07) is 12.0. The Hall–Kier alpha value is -2.89. The van der Waals surface area contributed by atoms with Crippen LogP contribution in [0.4, 0.5) is 0 Å². The molecule has 2 heterocycles. The highest BCUT2D eigenvalue weighted by Crippen LogP contribution is 2.20. The second-order valence-corrected chi connectivity index (χ2v) is 7.08. The lowest BCUT2D eigenvalue weighted by atomic mass is 9.97. The number of carbonyl (C=O) groups excluding carboxylic acids is 1. The van der Waals surface area contributed by atoms with Crippen molar-refractivity contribution < 1.29 is 9.32 Å². The highest BCUT2D eigenvalue weighted by atomic mass is 16.5. The van der Waals surface area contributed by atoms with E-state index in [1.807, 2.05) is 53.4 Å². The maximum Gasteiger partial charge on any atom is 0.316 e. The van der Waals surface area contributed by atoms with Crippen LogP contribution in [-0.2, 0) is 0 Å². The maximum atomic E-state index is 12.5. The van der Waals surface area contributed by atoms with Gasteiger partial charge in [0.25, 0.3) is 0 Å². The SMILES string of the molecule is O=C(NC1CCCCCCC1)c1nc(-c2ccc(-n3cccc3)cc2)no1. The molecule has 1 aliphatic carbocycles. The number of amides is 1. The summed E-state index contributed by atoms with van der Waals surface area (Å²) in [4.78, 5) is 16.7. The number of hydrogen-bond acceptors (Lipinski definition) is 4. The minimum atomic E-state index is -0.275. The summed E-state index contributed by atoms with van der Waals surface area (Å²) >= 11 is 0. The number of nitrogens with one attached hydrogen (secondary N) is 1. The Morgan fingerprint density at radius 3 is 2.37 bits per heavy atom. The number of rotatable bonds is 4. The van der Waals surface area contributed by atoms with Crippen molar-refractivity contribution in [2.45, 2.75) is 51.0 Å². The first kappa shape index (κ1) is 17.5. The van der Waals surface area contributed by atoms with Crippen LogP contribution >= 0.6 is 0 Å². The summed E-state index contributed by atoms with van der Waals surface area (Å²) < 4.78 is 7.22. The van der Waals surface area contributed by atoms with Crippen molar-refractivity contribution in [1.29, 1.82) is 0 Å². The van der Waals surface area contributed by atoms with Gasteiger partial charge in [-0.25, -0.2) is 0 Å². The van der Waals surface area contributed by atoms with Crippen molar-refractivity contribution in [2.24, 2.45) is 0 Å². The molecule has 2 aromatic heterocycles. The Balaban J connectivity index is 1.42. The minimum absolute atomic E-state index is 0.0292. The number of benzene rings is 1. The van der Waals surface area contributed by atoms with Crippen molar-refractivity contribution in [2.75, 3.05) is 0 Å². The zero-order valence-corrected chi connectivity index (χ0v) is 15.3. The van der Waals surface area contributed by atoms with Gasteiger partial charge in [-0.2, -0.15) is 4.98 Å². The lowest BCUT2D eigenvalue weighted by molar-refractivity contribution is 0.0886. The van der Waals surface area contributed by atoms with Crippen LogP contribution in [0.1, 0.15) is 55.6 Å². The maximum absolute atomic E-state index is 12.5. The normalized spacial score (nSPS) is 15.9. The van der Waals surface area contributed by atoms with Gasteiger partial charge < -0.3 is 14.4 Å². The highest BCUT2D eigenvalue weighted by molar-refractivity contribution is 5.90. The summed E-state index contributed by atoms with van der Waals surface area (Å²) in [6.07, 6.45) is 12.1. The number of nitrogens with zero attached hydrogens (tertiary/aromatic N) is 3. The summed E-state index contributed by atoms with van der Waals surface area (Å²) in [5, 5.41) is 7.03. The fraction of sp³-hybridized carbons (Fsp3) is 0.381. The molecule has 140 valence electrons. The van der Waals surface area contributed by atoms with Gasteiger partial charge in [0, 0.05) is 29.7 Å². The molecule has 1 fully saturated rings. The van der Waals surface area contributed by atoms with E-state index in [2.05, 4.69) is 15.5 Å². The van der Waals surface area contributed by atoms with E-state index in [4.69, 9.17) is 4.52 Å². The van der Waals surface area contributed by atoms with Gasteiger partial charge in [-0.1, -0.05) is 37.3 Å². The largest absolute Gasteiger partial charge is 0.345 e. The quantitative estimate of drug-likeness (QED) is 0.746. The third-order valence-electron chi connectivity index (χ3n) is 5.09. The van der Waals surface area contributed by atoms with Crippen molar-refractivity contribution >= 4 is 5.91 Å². The van der Waals surface area contributed by atoms with E-state index in [0.717, 1.165) is 36.9 Å². The van der Waals surface area contributed by atoms with Gasteiger partial charge in [-0.05, 0) is 49.2 Å². The topological polar surface area (TPSA) is 73.0 Å². The van der Waals surface area contributed by atoms with Crippen molar-refractivity contribution in [3.63, 3.8) is 0 Å². The van der Waals surface area contributed by atoms with Crippen LogP contribution in [0.15, 0.2) is 53.3 Å². The fourth-order valence-electron chi connectivity index (χ4n) is 3.57. The smallest absolute Gasteiger partial charge is 0.316 e. The predicted molar refractivity (Wildman–Crippen MR) is 103 cm³/mol. The Morgan fingerprint density at radius 1 is 1.00 bits per heavy atom. The monoisotopic (exact) mass is 364 g/mol. The molecule has 27 heavy (non-hydrogen) atoms. The molecule has 3 aromatic rings. The first-order valence-corrected chi connectivity index (χ1v) is 9.68.